The standard InChI is InChI=1S/C15H17ClN2O2/c1-2-3-8-17-14(19)10-20-13-7-6-12(16)11-5-4-9-18-15(11)13/h4-7,9H,2-3,8,10H2,1H3,(H,17,19). The monoisotopic (exact) mass is 292 g/mol. The van der Waals surface area contributed by atoms with E-state index in [-0.39, 0.29) is 12.5 Å². The molecule has 0 bridgehead atoms. The molecule has 0 unspecified atom stereocenters. The van der Waals surface area contributed by atoms with Gasteiger partial charge in [-0.2, -0.15) is 0 Å². The number of nitrogens with zero attached hydrogens (tertiary/aromatic N) is 1. The Kier molecular flexibility index (Phi) is 5.18. The Morgan fingerprint density at radius 3 is 3.05 bits per heavy atom. The van der Waals surface area contributed by atoms with E-state index in [2.05, 4.69) is 17.2 Å². The SMILES string of the molecule is CCCCNC(=O)COc1ccc(Cl)c2cccnc12. The lowest BCUT2D eigenvalue weighted by molar-refractivity contribution is -0.123. The summed E-state index contributed by atoms with van der Waals surface area (Å²) < 4.78 is 5.53. The number of carbonyl (C=O) groups excluding carboxylic acids is 1. The molecular weight excluding hydrogens is 276 g/mol. The number of benzene rings is 1. The molecule has 2 rings (SSSR count). The Labute approximate surface area is 123 Å². The molecule has 20 heavy (non-hydrogen) atoms. The Morgan fingerprint density at radius 1 is 1.40 bits per heavy atom. The molecule has 106 valence electrons. The molecule has 1 heterocycles. The quantitative estimate of drug-likeness (QED) is 0.832. The van der Waals surface area contributed by atoms with Gasteiger partial charge < -0.3 is 10.1 Å². The van der Waals surface area contributed by atoms with Gasteiger partial charge in [-0.3, -0.25) is 9.78 Å². The van der Waals surface area contributed by atoms with Gasteiger partial charge in [-0.15, -0.1) is 0 Å². The molecule has 0 saturated heterocycles. The fraction of sp³-hybridized carbons (Fsp3) is 0.333. The van der Waals surface area contributed by atoms with Crippen LogP contribution in [0.5, 0.6) is 5.75 Å². The Morgan fingerprint density at radius 2 is 2.25 bits per heavy atom. The van der Waals surface area contributed by atoms with Crippen molar-refractivity contribution in [1.29, 1.82) is 0 Å². The number of rotatable bonds is 6. The van der Waals surface area contributed by atoms with Gasteiger partial charge in [0.2, 0.25) is 0 Å². The van der Waals surface area contributed by atoms with Crippen LogP contribution >= 0.6 is 11.6 Å². The highest BCUT2D eigenvalue weighted by Crippen LogP contribution is 2.29. The van der Waals surface area contributed by atoms with Crippen LogP contribution in [-0.2, 0) is 4.79 Å². The number of aromatic nitrogens is 1. The molecular formula is C15H17ClN2O2. The largest absolute Gasteiger partial charge is 0.481 e. The third kappa shape index (κ3) is 3.61. The molecule has 4 nitrogen and oxygen atoms in total. The highest BCUT2D eigenvalue weighted by Gasteiger charge is 2.08. The minimum atomic E-state index is -0.127. The second-order valence-corrected chi connectivity index (χ2v) is 4.84. The van der Waals surface area contributed by atoms with Crippen LogP contribution in [0.15, 0.2) is 30.5 Å². The van der Waals surface area contributed by atoms with Gasteiger partial charge in [0, 0.05) is 18.1 Å². The summed E-state index contributed by atoms with van der Waals surface area (Å²) in [6.45, 7) is 2.74. The molecule has 0 atom stereocenters. The van der Waals surface area contributed by atoms with E-state index in [9.17, 15) is 4.79 Å². The Bertz CT molecular complexity index is 601. The smallest absolute Gasteiger partial charge is 0.257 e. The highest BCUT2D eigenvalue weighted by molar-refractivity contribution is 6.35. The van der Waals surface area contributed by atoms with Crippen molar-refractivity contribution >= 4 is 28.4 Å². The van der Waals surface area contributed by atoms with Crippen LogP contribution in [0.25, 0.3) is 10.9 Å². The fourth-order valence-electron chi connectivity index (χ4n) is 1.83. The number of halogens is 1. The van der Waals surface area contributed by atoms with E-state index in [0.29, 0.717) is 22.8 Å². The van der Waals surface area contributed by atoms with Gasteiger partial charge in [-0.1, -0.05) is 24.9 Å². The first-order valence-corrected chi connectivity index (χ1v) is 7.03. The third-order valence-corrected chi connectivity index (χ3v) is 3.22. The summed E-state index contributed by atoms with van der Waals surface area (Å²) >= 11 is 6.10. The summed E-state index contributed by atoms with van der Waals surface area (Å²) in [5, 5.41) is 4.24. The molecule has 0 fully saturated rings. The summed E-state index contributed by atoms with van der Waals surface area (Å²) in [5.41, 5.74) is 0.668. The second-order valence-electron chi connectivity index (χ2n) is 4.44. The first-order valence-electron chi connectivity index (χ1n) is 6.65. The predicted octanol–water partition coefficient (Wildman–Crippen LogP) is 3.18. The topological polar surface area (TPSA) is 51.2 Å². The summed E-state index contributed by atoms with van der Waals surface area (Å²) in [5.74, 6) is 0.438. The van der Waals surface area contributed by atoms with Crippen molar-refractivity contribution in [2.45, 2.75) is 19.8 Å². The average molecular weight is 293 g/mol. The third-order valence-electron chi connectivity index (χ3n) is 2.89. The lowest BCUT2D eigenvalue weighted by Gasteiger charge is -2.09. The number of fused-ring (bicyclic) bond motifs is 1. The van der Waals surface area contributed by atoms with Crippen molar-refractivity contribution in [3.8, 4) is 5.75 Å². The zero-order valence-corrected chi connectivity index (χ0v) is 12.1. The van der Waals surface area contributed by atoms with Gasteiger partial charge in [0.05, 0.1) is 5.02 Å². The van der Waals surface area contributed by atoms with Gasteiger partial charge in [-0.05, 0) is 30.7 Å². The van der Waals surface area contributed by atoms with Crippen LogP contribution in [0.1, 0.15) is 19.8 Å². The highest BCUT2D eigenvalue weighted by atomic mass is 35.5. The zero-order chi connectivity index (χ0) is 14.4. The maximum Gasteiger partial charge on any atom is 0.257 e. The zero-order valence-electron chi connectivity index (χ0n) is 11.4. The molecule has 0 spiro atoms. The van der Waals surface area contributed by atoms with Crippen LogP contribution in [0, 0.1) is 0 Å². The van der Waals surface area contributed by atoms with Crippen LogP contribution < -0.4 is 10.1 Å². The maximum absolute atomic E-state index is 11.6. The number of hydrogen-bond donors (Lipinski definition) is 1. The van der Waals surface area contributed by atoms with Gasteiger partial charge in [-0.25, -0.2) is 0 Å². The van der Waals surface area contributed by atoms with Gasteiger partial charge >= 0.3 is 0 Å². The normalized spacial score (nSPS) is 10.5. The van der Waals surface area contributed by atoms with Crippen LogP contribution in [0.3, 0.4) is 0 Å². The van der Waals surface area contributed by atoms with E-state index in [1.54, 1.807) is 18.3 Å². The van der Waals surface area contributed by atoms with E-state index in [4.69, 9.17) is 16.3 Å². The predicted molar refractivity (Wildman–Crippen MR) is 80.2 cm³/mol. The minimum Gasteiger partial charge on any atom is -0.481 e. The molecule has 1 amide bonds. The van der Waals surface area contributed by atoms with Crippen molar-refractivity contribution in [1.82, 2.24) is 10.3 Å². The molecule has 5 heteroatoms. The minimum absolute atomic E-state index is 0.0168. The lowest BCUT2D eigenvalue weighted by Crippen LogP contribution is -2.29. The Balaban J connectivity index is 2.03. The number of unbranched alkanes of at least 4 members (excludes halogenated alkanes) is 1. The van der Waals surface area contributed by atoms with Crippen LogP contribution in [0.2, 0.25) is 5.02 Å². The number of amides is 1. The van der Waals surface area contributed by atoms with Gasteiger partial charge in [0.1, 0.15) is 11.3 Å². The van der Waals surface area contributed by atoms with E-state index < -0.39 is 0 Å². The number of pyridine rings is 1. The number of hydrogen-bond acceptors (Lipinski definition) is 3. The van der Waals surface area contributed by atoms with Crippen LogP contribution in [0.4, 0.5) is 0 Å². The first-order chi connectivity index (χ1) is 9.72. The molecule has 0 radical (unpaired) electrons. The van der Waals surface area contributed by atoms with E-state index in [1.807, 2.05) is 12.1 Å². The first kappa shape index (κ1) is 14.6. The van der Waals surface area contributed by atoms with Crippen molar-refractivity contribution in [3.63, 3.8) is 0 Å². The second kappa shape index (κ2) is 7.10. The van der Waals surface area contributed by atoms with Crippen molar-refractivity contribution in [3.05, 3.63) is 35.5 Å². The van der Waals surface area contributed by atoms with Gasteiger partial charge in [0.15, 0.2) is 6.61 Å². The molecule has 0 aliphatic heterocycles. The van der Waals surface area contributed by atoms with E-state index in [1.165, 1.54) is 0 Å². The van der Waals surface area contributed by atoms with Crippen molar-refractivity contribution in [2.24, 2.45) is 0 Å². The van der Waals surface area contributed by atoms with Crippen LogP contribution in [-0.4, -0.2) is 24.0 Å². The summed E-state index contributed by atoms with van der Waals surface area (Å²) in [6.07, 6.45) is 3.69. The fourth-order valence-corrected chi connectivity index (χ4v) is 2.04. The molecule has 0 aliphatic carbocycles. The summed E-state index contributed by atoms with van der Waals surface area (Å²) in [6, 6.07) is 7.17. The molecule has 0 saturated carbocycles. The average Bonchev–Trinajstić information content (AvgIpc) is 2.47. The number of nitrogens with one attached hydrogen (secondary N) is 1. The molecule has 2 aromatic rings. The summed E-state index contributed by atoms with van der Waals surface area (Å²) in [4.78, 5) is 15.9. The number of carbonyl (C=O) groups is 1. The van der Waals surface area contributed by atoms with E-state index >= 15 is 0 Å². The molecule has 1 N–H and O–H groups in total. The number of ether oxygens (including phenoxy) is 1. The molecule has 1 aromatic carbocycles. The summed E-state index contributed by atoms with van der Waals surface area (Å²) in [7, 11) is 0. The van der Waals surface area contributed by atoms with Crippen molar-refractivity contribution in [2.75, 3.05) is 13.2 Å². The molecule has 0 aliphatic rings. The molecule has 1 aromatic heterocycles. The van der Waals surface area contributed by atoms with E-state index in [0.717, 1.165) is 18.2 Å². The maximum atomic E-state index is 11.6. The lowest BCUT2D eigenvalue weighted by atomic mass is 10.2. The van der Waals surface area contributed by atoms with Gasteiger partial charge in [0.25, 0.3) is 5.91 Å². The Hall–Kier alpha value is -1.81. The van der Waals surface area contributed by atoms with Crippen molar-refractivity contribution < 1.29 is 9.53 Å².